The first-order chi connectivity index (χ1) is 7.16. The minimum Gasteiger partial charge on any atom is -0.508 e. The number of benzene rings is 1. The fraction of sp³-hybridized carbons (Fsp3) is 0.417. The molecule has 1 heterocycles. The van der Waals surface area contributed by atoms with Crippen molar-refractivity contribution >= 4 is 5.91 Å². The maximum atomic E-state index is 12.0. The van der Waals surface area contributed by atoms with E-state index in [0.29, 0.717) is 11.5 Å². The van der Waals surface area contributed by atoms with Crippen LogP contribution in [0.3, 0.4) is 0 Å². The van der Waals surface area contributed by atoms with Crippen LogP contribution >= 0.6 is 0 Å². The molecule has 3 heteroatoms. The van der Waals surface area contributed by atoms with Crippen molar-refractivity contribution in [2.75, 3.05) is 13.1 Å². The number of aromatic hydroxyl groups is 1. The Kier molecular flexibility index (Phi) is 2.62. The maximum Gasteiger partial charge on any atom is 0.253 e. The van der Waals surface area contributed by atoms with E-state index in [1.165, 1.54) is 6.07 Å². The monoisotopic (exact) mass is 205 g/mol. The fourth-order valence-electron chi connectivity index (χ4n) is 1.94. The van der Waals surface area contributed by atoms with Crippen LogP contribution in [0, 0.1) is 5.92 Å². The Bertz CT molecular complexity index is 376. The van der Waals surface area contributed by atoms with E-state index in [-0.39, 0.29) is 11.7 Å². The summed E-state index contributed by atoms with van der Waals surface area (Å²) < 4.78 is 0. The first-order valence-corrected chi connectivity index (χ1v) is 5.25. The number of nitrogens with zero attached hydrogens (tertiary/aromatic N) is 1. The van der Waals surface area contributed by atoms with Crippen LogP contribution in [0.2, 0.25) is 0 Å². The molecule has 3 nitrogen and oxygen atoms in total. The zero-order valence-corrected chi connectivity index (χ0v) is 8.81. The molecule has 1 aliphatic heterocycles. The minimum absolute atomic E-state index is 0.0234. The number of rotatable bonds is 1. The van der Waals surface area contributed by atoms with Crippen molar-refractivity contribution in [1.82, 2.24) is 4.90 Å². The second kappa shape index (κ2) is 3.93. The zero-order valence-electron chi connectivity index (χ0n) is 8.81. The second-order valence-electron chi connectivity index (χ2n) is 4.20. The van der Waals surface area contributed by atoms with Gasteiger partial charge in [-0.2, -0.15) is 0 Å². The number of phenols is 1. The van der Waals surface area contributed by atoms with Crippen LogP contribution in [-0.2, 0) is 0 Å². The number of likely N-dealkylation sites (tertiary alicyclic amines) is 1. The van der Waals surface area contributed by atoms with Gasteiger partial charge in [-0.3, -0.25) is 4.79 Å². The fourth-order valence-corrected chi connectivity index (χ4v) is 1.94. The molecule has 0 spiro atoms. The van der Waals surface area contributed by atoms with Crippen molar-refractivity contribution in [3.63, 3.8) is 0 Å². The third kappa shape index (κ3) is 2.12. The maximum absolute atomic E-state index is 12.0. The molecule has 0 aliphatic carbocycles. The standard InChI is InChI=1S/C12H15NO2/c1-9-5-6-13(8-9)12(15)10-3-2-4-11(14)7-10/h2-4,7,9,14H,5-6,8H2,1H3. The minimum atomic E-state index is 0.0234. The lowest BCUT2D eigenvalue weighted by atomic mass is 10.2. The molecule has 0 saturated carbocycles. The van der Waals surface area contributed by atoms with Crippen LogP contribution in [0.15, 0.2) is 24.3 Å². The summed E-state index contributed by atoms with van der Waals surface area (Å²) in [5.41, 5.74) is 0.573. The number of carbonyl (C=O) groups is 1. The highest BCUT2D eigenvalue weighted by Crippen LogP contribution is 2.19. The molecule has 1 amide bonds. The molecule has 1 aliphatic rings. The van der Waals surface area contributed by atoms with Crippen LogP contribution in [0.1, 0.15) is 23.7 Å². The molecule has 1 atom stereocenters. The third-order valence-corrected chi connectivity index (χ3v) is 2.80. The molecular formula is C12H15NO2. The quantitative estimate of drug-likeness (QED) is 0.760. The molecule has 1 fully saturated rings. The lowest BCUT2D eigenvalue weighted by Crippen LogP contribution is -2.28. The van der Waals surface area contributed by atoms with Crippen molar-refractivity contribution in [3.8, 4) is 5.75 Å². The lowest BCUT2D eigenvalue weighted by molar-refractivity contribution is 0.0787. The number of carbonyl (C=O) groups excluding carboxylic acids is 1. The van der Waals surface area contributed by atoms with Gasteiger partial charge in [0, 0.05) is 18.7 Å². The molecule has 0 bridgehead atoms. The Labute approximate surface area is 89.3 Å². The van der Waals surface area contributed by atoms with Crippen LogP contribution in [0.5, 0.6) is 5.75 Å². The molecule has 15 heavy (non-hydrogen) atoms. The summed E-state index contributed by atoms with van der Waals surface area (Å²) in [6.45, 7) is 3.81. The molecule has 1 unspecified atom stereocenters. The predicted molar refractivity (Wildman–Crippen MR) is 57.8 cm³/mol. The Morgan fingerprint density at radius 1 is 1.53 bits per heavy atom. The molecule has 1 aromatic carbocycles. The van der Waals surface area contributed by atoms with Crippen LogP contribution in [0.4, 0.5) is 0 Å². The van der Waals surface area contributed by atoms with Gasteiger partial charge in [0.05, 0.1) is 0 Å². The smallest absolute Gasteiger partial charge is 0.253 e. The van der Waals surface area contributed by atoms with Crippen LogP contribution < -0.4 is 0 Å². The summed E-state index contributed by atoms with van der Waals surface area (Å²) in [4.78, 5) is 13.8. The Hall–Kier alpha value is -1.51. The number of hydrogen-bond acceptors (Lipinski definition) is 2. The van der Waals surface area contributed by atoms with Crippen molar-refractivity contribution in [3.05, 3.63) is 29.8 Å². The highest BCUT2D eigenvalue weighted by atomic mass is 16.3. The van der Waals surface area contributed by atoms with Crippen LogP contribution in [0.25, 0.3) is 0 Å². The average molecular weight is 205 g/mol. The largest absolute Gasteiger partial charge is 0.508 e. The predicted octanol–water partition coefficient (Wildman–Crippen LogP) is 1.87. The highest BCUT2D eigenvalue weighted by molar-refractivity contribution is 5.94. The van der Waals surface area contributed by atoms with Gasteiger partial charge in [-0.15, -0.1) is 0 Å². The summed E-state index contributed by atoms with van der Waals surface area (Å²) in [5.74, 6) is 0.759. The van der Waals surface area contributed by atoms with Crippen molar-refractivity contribution < 1.29 is 9.90 Å². The normalized spacial score (nSPS) is 20.6. The zero-order chi connectivity index (χ0) is 10.8. The molecule has 0 aromatic heterocycles. The van der Waals surface area contributed by atoms with E-state index in [1.54, 1.807) is 18.2 Å². The van der Waals surface area contributed by atoms with E-state index < -0.39 is 0 Å². The van der Waals surface area contributed by atoms with Crippen molar-refractivity contribution in [1.29, 1.82) is 0 Å². The van der Waals surface area contributed by atoms with Gasteiger partial charge in [0.2, 0.25) is 0 Å². The first kappa shape index (κ1) is 10.0. The Balaban J connectivity index is 2.14. The number of phenolic OH excluding ortho intramolecular Hbond substituents is 1. The van der Waals surface area contributed by atoms with Gasteiger partial charge in [0.15, 0.2) is 0 Å². The molecule has 1 saturated heterocycles. The van der Waals surface area contributed by atoms with Crippen molar-refractivity contribution in [2.45, 2.75) is 13.3 Å². The van der Waals surface area contributed by atoms with Crippen LogP contribution in [-0.4, -0.2) is 29.0 Å². The van der Waals surface area contributed by atoms with E-state index in [0.717, 1.165) is 19.5 Å². The van der Waals surface area contributed by atoms with Gasteiger partial charge in [-0.1, -0.05) is 13.0 Å². The van der Waals surface area contributed by atoms with E-state index in [2.05, 4.69) is 6.92 Å². The lowest BCUT2D eigenvalue weighted by Gasteiger charge is -2.15. The van der Waals surface area contributed by atoms with Gasteiger partial charge in [0.25, 0.3) is 5.91 Å². The summed E-state index contributed by atoms with van der Waals surface area (Å²) in [6, 6.07) is 6.53. The van der Waals surface area contributed by atoms with E-state index >= 15 is 0 Å². The van der Waals surface area contributed by atoms with E-state index in [1.807, 2.05) is 4.90 Å². The van der Waals surface area contributed by atoms with Gasteiger partial charge >= 0.3 is 0 Å². The van der Waals surface area contributed by atoms with Gasteiger partial charge in [-0.05, 0) is 30.5 Å². The molecule has 1 N–H and O–H groups in total. The topological polar surface area (TPSA) is 40.5 Å². The second-order valence-corrected chi connectivity index (χ2v) is 4.20. The summed E-state index contributed by atoms with van der Waals surface area (Å²) >= 11 is 0. The van der Waals surface area contributed by atoms with E-state index in [9.17, 15) is 9.90 Å². The van der Waals surface area contributed by atoms with Gasteiger partial charge in [-0.25, -0.2) is 0 Å². The summed E-state index contributed by atoms with van der Waals surface area (Å²) in [7, 11) is 0. The molecule has 80 valence electrons. The summed E-state index contributed by atoms with van der Waals surface area (Å²) in [5, 5.41) is 9.29. The number of hydrogen-bond donors (Lipinski definition) is 1. The SMILES string of the molecule is CC1CCN(C(=O)c2cccc(O)c2)C1. The Morgan fingerprint density at radius 3 is 2.93 bits per heavy atom. The molecule has 1 aromatic rings. The van der Waals surface area contributed by atoms with Gasteiger partial charge < -0.3 is 10.0 Å². The third-order valence-electron chi connectivity index (χ3n) is 2.80. The van der Waals surface area contributed by atoms with Gasteiger partial charge in [0.1, 0.15) is 5.75 Å². The first-order valence-electron chi connectivity index (χ1n) is 5.25. The van der Waals surface area contributed by atoms with Crippen molar-refractivity contribution in [2.24, 2.45) is 5.92 Å². The molecule has 0 radical (unpaired) electrons. The molecular weight excluding hydrogens is 190 g/mol. The average Bonchev–Trinajstić information content (AvgIpc) is 2.64. The van der Waals surface area contributed by atoms with E-state index in [4.69, 9.17) is 0 Å². The number of amides is 1. The Morgan fingerprint density at radius 2 is 2.33 bits per heavy atom. The molecule has 2 rings (SSSR count). The summed E-state index contributed by atoms with van der Waals surface area (Å²) in [6.07, 6.45) is 1.07. The highest BCUT2D eigenvalue weighted by Gasteiger charge is 2.23.